The number of carbonyl (C=O) groups excluding carboxylic acids is 4. The van der Waals surface area contributed by atoms with E-state index in [9.17, 15) is 43.2 Å². The highest BCUT2D eigenvalue weighted by molar-refractivity contribution is 7.47. The fourth-order valence-corrected chi connectivity index (χ4v) is 15.7. The predicted molar refractivity (Wildman–Crippen MR) is 451 cm³/mol. The van der Waals surface area contributed by atoms with Crippen LogP contribution in [-0.4, -0.2) is 96.7 Å². The van der Waals surface area contributed by atoms with Crippen LogP contribution in [0.5, 0.6) is 0 Å². The SMILES string of the molecule is CCCCCCCCCCCCCCCCCCCCCC(=O)OC[C@H](COP(=O)(O)OC[C@@H](O)COP(=O)(O)OC[C@@H](COC(=O)CCCCCCCCCCCC(C)C)OC(=O)CCCCCCCCCCCCCCCCC(C)C)OC(=O)CCCCCCCCCCCCCCCCCCCCC(C)C. The van der Waals surface area contributed by atoms with Gasteiger partial charge >= 0.3 is 39.5 Å². The normalized spacial score (nSPS) is 13.8. The van der Waals surface area contributed by atoms with Crippen LogP contribution in [0.3, 0.4) is 0 Å². The maximum Gasteiger partial charge on any atom is 0.472 e. The molecule has 0 heterocycles. The van der Waals surface area contributed by atoms with Crippen LogP contribution < -0.4 is 0 Å². The van der Waals surface area contributed by atoms with Crippen LogP contribution in [0.15, 0.2) is 0 Å². The van der Waals surface area contributed by atoms with Crippen molar-refractivity contribution in [3.63, 3.8) is 0 Å². The number of esters is 4. The van der Waals surface area contributed by atoms with E-state index in [4.69, 9.17) is 37.0 Å². The molecule has 0 aromatic heterocycles. The highest BCUT2D eigenvalue weighted by Crippen LogP contribution is 2.45. The molecule has 0 aromatic carbocycles. The summed E-state index contributed by atoms with van der Waals surface area (Å²) in [6.07, 6.45) is 72.3. The van der Waals surface area contributed by atoms with Crippen molar-refractivity contribution in [3.8, 4) is 0 Å². The fraction of sp³-hybridized carbons (Fsp3) is 0.956. The van der Waals surface area contributed by atoms with Gasteiger partial charge in [0, 0.05) is 25.7 Å². The minimum absolute atomic E-state index is 0.107. The molecule has 0 spiro atoms. The van der Waals surface area contributed by atoms with E-state index in [1.54, 1.807) is 0 Å². The van der Waals surface area contributed by atoms with Gasteiger partial charge in [0.25, 0.3) is 0 Å². The summed E-state index contributed by atoms with van der Waals surface area (Å²) in [5.41, 5.74) is 0. The van der Waals surface area contributed by atoms with Crippen LogP contribution in [0.2, 0.25) is 0 Å². The molecule has 109 heavy (non-hydrogen) atoms. The van der Waals surface area contributed by atoms with Crippen molar-refractivity contribution in [1.29, 1.82) is 0 Å². The monoisotopic (exact) mass is 1590 g/mol. The van der Waals surface area contributed by atoms with E-state index in [1.807, 2.05) is 0 Å². The third kappa shape index (κ3) is 83.8. The topological polar surface area (TPSA) is 237 Å². The molecule has 2 unspecified atom stereocenters. The van der Waals surface area contributed by atoms with Crippen molar-refractivity contribution in [2.45, 2.75) is 497 Å². The Morgan fingerprint density at radius 3 is 0.624 bits per heavy atom. The third-order valence-electron chi connectivity index (χ3n) is 21.1. The molecule has 0 bridgehead atoms. The van der Waals surface area contributed by atoms with Crippen molar-refractivity contribution < 1.29 is 80.2 Å². The second-order valence-corrected chi connectivity index (χ2v) is 36.7. The number of carbonyl (C=O) groups is 4. The van der Waals surface area contributed by atoms with E-state index in [1.165, 1.54) is 289 Å². The minimum atomic E-state index is -4.97. The molecule has 19 heteroatoms. The number of ether oxygens (including phenoxy) is 4. The van der Waals surface area contributed by atoms with Crippen molar-refractivity contribution >= 4 is 39.5 Å². The molecule has 0 saturated heterocycles. The van der Waals surface area contributed by atoms with E-state index in [2.05, 4.69) is 48.5 Å². The number of aliphatic hydroxyl groups excluding tert-OH is 1. The van der Waals surface area contributed by atoms with Crippen molar-refractivity contribution in [2.75, 3.05) is 39.6 Å². The molecule has 0 fully saturated rings. The molecular weight excluding hydrogens is 1410 g/mol. The van der Waals surface area contributed by atoms with Crippen LogP contribution in [0.1, 0.15) is 479 Å². The van der Waals surface area contributed by atoms with Gasteiger partial charge in [-0.1, -0.05) is 427 Å². The molecule has 0 aliphatic carbocycles. The number of hydrogen-bond acceptors (Lipinski definition) is 15. The Bertz CT molecular complexity index is 2100. The van der Waals surface area contributed by atoms with Gasteiger partial charge in [0.2, 0.25) is 0 Å². The van der Waals surface area contributed by atoms with Gasteiger partial charge in [-0.05, 0) is 43.4 Å². The highest BCUT2D eigenvalue weighted by atomic mass is 31.2. The summed E-state index contributed by atoms with van der Waals surface area (Å²) in [6, 6.07) is 0. The quantitative estimate of drug-likeness (QED) is 0.0222. The standard InChI is InChI=1S/C90H176O17P2/c1-8-9-10-11-12-13-14-15-16-17-18-22-25-31-36-43-50-57-64-71-87(92)100-77-85(106-89(94)73-66-59-52-44-37-32-26-23-20-19-21-24-29-34-40-47-54-61-68-81(2)3)79-104-108(96,97)102-75-84(91)76-103-109(98,99)105-80-86(78-101-88(93)72-65-58-51-46-39-42-49-56-63-70-83(6)7)107-90(95)74-67-60-53-45-38-33-28-27-30-35-41-48-55-62-69-82(4)5/h81-86,91H,8-80H2,1-7H3,(H,96,97)(H,98,99)/t84-,85-,86-/m1/s1. The zero-order valence-electron chi connectivity index (χ0n) is 72.0. The van der Waals surface area contributed by atoms with Crippen molar-refractivity contribution in [1.82, 2.24) is 0 Å². The molecule has 0 amide bonds. The summed E-state index contributed by atoms with van der Waals surface area (Å²) in [5, 5.41) is 10.7. The summed E-state index contributed by atoms with van der Waals surface area (Å²) >= 11 is 0. The van der Waals surface area contributed by atoms with Crippen LogP contribution >= 0.6 is 15.6 Å². The van der Waals surface area contributed by atoms with E-state index >= 15 is 0 Å². The zero-order valence-corrected chi connectivity index (χ0v) is 73.8. The van der Waals surface area contributed by atoms with Crippen LogP contribution in [0, 0.1) is 17.8 Å². The lowest BCUT2D eigenvalue weighted by atomic mass is 10.0. The number of aliphatic hydroxyl groups is 1. The molecule has 648 valence electrons. The van der Waals surface area contributed by atoms with Gasteiger partial charge in [-0.2, -0.15) is 0 Å². The summed E-state index contributed by atoms with van der Waals surface area (Å²) in [7, 11) is -9.94. The van der Waals surface area contributed by atoms with Gasteiger partial charge in [-0.25, -0.2) is 9.13 Å². The number of rotatable bonds is 88. The lowest BCUT2D eigenvalue weighted by molar-refractivity contribution is -0.161. The number of phosphoric acid groups is 2. The molecule has 17 nitrogen and oxygen atoms in total. The van der Waals surface area contributed by atoms with E-state index < -0.39 is 97.5 Å². The number of hydrogen-bond donors (Lipinski definition) is 3. The van der Waals surface area contributed by atoms with Gasteiger partial charge < -0.3 is 33.8 Å². The van der Waals surface area contributed by atoms with Crippen LogP contribution in [-0.2, 0) is 65.4 Å². The zero-order chi connectivity index (χ0) is 80.0. The van der Waals surface area contributed by atoms with Gasteiger partial charge in [-0.15, -0.1) is 0 Å². The molecule has 0 aliphatic rings. The van der Waals surface area contributed by atoms with Crippen molar-refractivity contribution in [2.24, 2.45) is 17.8 Å². The van der Waals surface area contributed by atoms with E-state index in [0.717, 1.165) is 108 Å². The number of unbranched alkanes of at least 4 members (excludes halogenated alkanes) is 56. The summed E-state index contributed by atoms with van der Waals surface area (Å²) in [6.45, 7) is 12.0. The summed E-state index contributed by atoms with van der Waals surface area (Å²) < 4.78 is 69.1. The Hall–Kier alpha value is -1.94. The van der Waals surface area contributed by atoms with Crippen molar-refractivity contribution in [3.05, 3.63) is 0 Å². The molecule has 0 radical (unpaired) electrons. The molecule has 0 aromatic rings. The second-order valence-electron chi connectivity index (χ2n) is 33.8. The summed E-state index contributed by atoms with van der Waals surface area (Å²) in [4.78, 5) is 73.4. The lowest BCUT2D eigenvalue weighted by Crippen LogP contribution is -2.30. The largest absolute Gasteiger partial charge is 0.472 e. The maximum absolute atomic E-state index is 13.2. The average molecular weight is 1590 g/mol. The Labute approximate surface area is 670 Å². The molecular formula is C90H176O17P2. The highest BCUT2D eigenvalue weighted by Gasteiger charge is 2.31. The Kier molecular flexibility index (Phi) is 78.5. The summed E-state index contributed by atoms with van der Waals surface area (Å²) in [5.74, 6) is 0.260. The van der Waals surface area contributed by atoms with Gasteiger partial charge in [-0.3, -0.25) is 37.3 Å². The maximum atomic E-state index is 13.2. The fourth-order valence-electron chi connectivity index (χ4n) is 14.1. The molecule has 5 atom stereocenters. The predicted octanol–water partition coefficient (Wildman–Crippen LogP) is 27.6. The van der Waals surface area contributed by atoms with Crippen LogP contribution in [0.4, 0.5) is 0 Å². The first-order chi connectivity index (χ1) is 52.7. The van der Waals surface area contributed by atoms with Gasteiger partial charge in [0.05, 0.1) is 26.4 Å². The van der Waals surface area contributed by atoms with E-state index in [-0.39, 0.29) is 25.7 Å². The van der Waals surface area contributed by atoms with Gasteiger partial charge in [0.15, 0.2) is 12.2 Å². The Morgan fingerprint density at radius 2 is 0.422 bits per heavy atom. The average Bonchev–Trinajstić information content (AvgIpc) is 0.912. The Morgan fingerprint density at radius 1 is 0.248 bits per heavy atom. The van der Waals surface area contributed by atoms with Gasteiger partial charge in [0.1, 0.15) is 19.3 Å². The number of phosphoric ester groups is 2. The molecule has 0 saturated carbocycles. The third-order valence-corrected chi connectivity index (χ3v) is 23.0. The lowest BCUT2D eigenvalue weighted by Gasteiger charge is -2.21. The first-order valence-electron chi connectivity index (χ1n) is 46.3. The first kappa shape index (κ1) is 107. The minimum Gasteiger partial charge on any atom is -0.462 e. The first-order valence-corrected chi connectivity index (χ1v) is 49.3. The Balaban J connectivity index is 5.25. The second kappa shape index (κ2) is 79.9. The van der Waals surface area contributed by atoms with E-state index in [0.29, 0.717) is 25.7 Å². The van der Waals surface area contributed by atoms with Crippen LogP contribution in [0.25, 0.3) is 0 Å². The molecule has 3 N–H and O–H groups in total. The smallest absolute Gasteiger partial charge is 0.462 e. The molecule has 0 rings (SSSR count). The molecule has 0 aliphatic heterocycles.